The fourth-order valence-corrected chi connectivity index (χ4v) is 1.74. The van der Waals surface area contributed by atoms with Gasteiger partial charge in [-0.05, 0) is 36.6 Å². The van der Waals surface area contributed by atoms with Crippen LogP contribution < -0.4 is 10.1 Å². The Labute approximate surface area is 103 Å². The van der Waals surface area contributed by atoms with Gasteiger partial charge in [-0.2, -0.15) is 5.26 Å². The minimum atomic E-state index is 0.562. The second kappa shape index (κ2) is 7.70. The Hall–Kier alpha value is -1.53. The summed E-state index contributed by atoms with van der Waals surface area (Å²) in [6.45, 7) is 3.79. The Morgan fingerprint density at radius 2 is 2.18 bits per heavy atom. The molecule has 1 aromatic carbocycles. The molecule has 0 saturated heterocycles. The fraction of sp³-hybridized carbons (Fsp3) is 0.500. The quantitative estimate of drug-likeness (QED) is 0.734. The lowest BCUT2D eigenvalue weighted by Gasteiger charge is -2.10. The van der Waals surface area contributed by atoms with Gasteiger partial charge in [-0.1, -0.05) is 19.1 Å². The van der Waals surface area contributed by atoms with E-state index in [0.717, 1.165) is 31.7 Å². The third kappa shape index (κ3) is 4.46. The fourth-order valence-electron chi connectivity index (χ4n) is 1.74. The molecule has 0 heterocycles. The van der Waals surface area contributed by atoms with Gasteiger partial charge in [-0.25, -0.2) is 0 Å². The topological polar surface area (TPSA) is 45.0 Å². The smallest absolute Gasteiger partial charge is 0.122 e. The molecular weight excluding hydrogens is 212 g/mol. The van der Waals surface area contributed by atoms with Gasteiger partial charge < -0.3 is 10.1 Å². The van der Waals surface area contributed by atoms with Crippen LogP contribution in [-0.4, -0.2) is 20.2 Å². The van der Waals surface area contributed by atoms with Crippen molar-refractivity contribution >= 4 is 0 Å². The SMILES string of the molecule is CCc1ccc(OC)c(CCNCCC#N)c1. The number of ether oxygens (including phenoxy) is 1. The first-order chi connectivity index (χ1) is 8.31. The Bertz CT molecular complexity index is 382. The van der Waals surface area contributed by atoms with Gasteiger partial charge in [0.05, 0.1) is 13.2 Å². The summed E-state index contributed by atoms with van der Waals surface area (Å²) in [4.78, 5) is 0. The van der Waals surface area contributed by atoms with E-state index in [2.05, 4.69) is 30.4 Å². The van der Waals surface area contributed by atoms with Crippen molar-refractivity contribution in [3.8, 4) is 11.8 Å². The van der Waals surface area contributed by atoms with E-state index in [1.54, 1.807) is 7.11 Å². The normalized spacial score (nSPS) is 9.94. The van der Waals surface area contributed by atoms with Crippen molar-refractivity contribution in [2.45, 2.75) is 26.2 Å². The van der Waals surface area contributed by atoms with Crippen LogP contribution >= 0.6 is 0 Å². The molecule has 1 rings (SSSR count). The summed E-state index contributed by atoms with van der Waals surface area (Å²) in [5, 5.41) is 11.7. The monoisotopic (exact) mass is 232 g/mol. The molecule has 3 heteroatoms. The van der Waals surface area contributed by atoms with Crippen LogP contribution in [0.4, 0.5) is 0 Å². The van der Waals surface area contributed by atoms with Gasteiger partial charge >= 0.3 is 0 Å². The first kappa shape index (κ1) is 13.5. The standard InChI is InChI=1S/C14H20N2O/c1-3-12-5-6-14(17-2)13(11-12)7-10-16-9-4-8-15/h5-6,11,16H,3-4,7,9-10H2,1-2H3. The summed E-state index contributed by atoms with van der Waals surface area (Å²) >= 11 is 0. The minimum Gasteiger partial charge on any atom is -0.496 e. The van der Waals surface area contributed by atoms with Gasteiger partial charge in [-0.15, -0.1) is 0 Å². The van der Waals surface area contributed by atoms with Gasteiger partial charge in [0.2, 0.25) is 0 Å². The van der Waals surface area contributed by atoms with Crippen LogP contribution in [-0.2, 0) is 12.8 Å². The molecule has 17 heavy (non-hydrogen) atoms. The maximum atomic E-state index is 8.42. The number of benzene rings is 1. The molecule has 0 spiro atoms. The highest BCUT2D eigenvalue weighted by molar-refractivity contribution is 5.37. The third-order valence-corrected chi connectivity index (χ3v) is 2.74. The number of nitriles is 1. The molecule has 0 aromatic heterocycles. The van der Waals surface area contributed by atoms with E-state index < -0.39 is 0 Å². The van der Waals surface area contributed by atoms with E-state index in [1.165, 1.54) is 11.1 Å². The number of aryl methyl sites for hydroxylation is 1. The highest BCUT2D eigenvalue weighted by atomic mass is 16.5. The maximum Gasteiger partial charge on any atom is 0.122 e. The number of rotatable bonds is 7. The van der Waals surface area contributed by atoms with Crippen LogP contribution in [0.5, 0.6) is 5.75 Å². The summed E-state index contributed by atoms with van der Waals surface area (Å²) < 4.78 is 5.34. The summed E-state index contributed by atoms with van der Waals surface area (Å²) in [6, 6.07) is 8.45. The Morgan fingerprint density at radius 3 is 2.82 bits per heavy atom. The lowest BCUT2D eigenvalue weighted by atomic mass is 10.1. The van der Waals surface area contributed by atoms with Crippen molar-refractivity contribution in [2.75, 3.05) is 20.2 Å². The van der Waals surface area contributed by atoms with Crippen molar-refractivity contribution in [1.82, 2.24) is 5.32 Å². The highest BCUT2D eigenvalue weighted by Crippen LogP contribution is 2.20. The zero-order valence-corrected chi connectivity index (χ0v) is 10.6. The summed E-state index contributed by atoms with van der Waals surface area (Å²) in [7, 11) is 1.70. The van der Waals surface area contributed by atoms with E-state index in [4.69, 9.17) is 10.00 Å². The van der Waals surface area contributed by atoms with Crippen LogP contribution in [0, 0.1) is 11.3 Å². The molecule has 0 bridgehead atoms. The molecule has 0 saturated carbocycles. The van der Waals surface area contributed by atoms with Crippen LogP contribution in [0.3, 0.4) is 0 Å². The van der Waals surface area contributed by atoms with Crippen molar-refractivity contribution in [3.05, 3.63) is 29.3 Å². The highest BCUT2D eigenvalue weighted by Gasteiger charge is 2.03. The minimum absolute atomic E-state index is 0.562. The molecule has 0 amide bonds. The molecule has 92 valence electrons. The molecule has 0 fully saturated rings. The van der Waals surface area contributed by atoms with Gasteiger partial charge in [0.25, 0.3) is 0 Å². The molecule has 1 N–H and O–H groups in total. The summed E-state index contributed by atoms with van der Waals surface area (Å²) in [5.41, 5.74) is 2.56. The maximum absolute atomic E-state index is 8.42. The van der Waals surface area contributed by atoms with Crippen molar-refractivity contribution in [2.24, 2.45) is 0 Å². The molecule has 0 unspecified atom stereocenters. The summed E-state index contributed by atoms with van der Waals surface area (Å²) in [5.74, 6) is 0.948. The zero-order valence-electron chi connectivity index (χ0n) is 10.6. The van der Waals surface area contributed by atoms with Gasteiger partial charge in [-0.3, -0.25) is 0 Å². The van der Waals surface area contributed by atoms with Gasteiger partial charge in [0.1, 0.15) is 5.75 Å². The molecule has 0 aliphatic heterocycles. The molecule has 1 aromatic rings. The molecule has 0 atom stereocenters. The number of methoxy groups -OCH3 is 1. The van der Waals surface area contributed by atoms with Crippen LogP contribution in [0.15, 0.2) is 18.2 Å². The van der Waals surface area contributed by atoms with E-state index in [1.807, 2.05) is 6.07 Å². The number of hydrogen-bond acceptors (Lipinski definition) is 3. The Morgan fingerprint density at radius 1 is 1.35 bits per heavy atom. The number of nitrogens with one attached hydrogen (secondary N) is 1. The van der Waals surface area contributed by atoms with Crippen LogP contribution in [0.1, 0.15) is 24.5 Å². The molecule has 0 radical (unpaired) electrons. The Balaban J connectivity index is 2.53. The van der Waals surface area contributed by atoms with E-state index in [0.29, 0.717) is 6.42 Å². The molecule has 0 aliphatic carbocycles. The van der Waals surface area contributed by atoms with Crippen molar-refractivity contribution < 1.29 is 4.74 Å². The van der Waals surface area contributed by atoms with E-state index in [-0.39, 0.29) is 0 Å². The van der Waals surface area contributed by atoms with Gasteiger partial charge in [0, 0.05) is 13.0 Å². The first-order valence-corrected chi connectivity index (χ1v) is 6.05. The predicted molar refractivity (Wildman–Crippen MR) is 69.2 cm³/mol. The Kier molecular flexibility index (Phi) is 6.13. The van der Waals surface area contributed by atoms with Crippen molar-refractivity contribution in [1.29, 1.82) is 5.26 Å². The number of hydrogen-bond donors (Lipinski definition) is 1. The zero-order chi connectivity index (χ0) is 12.5. The van der Waals surface area contributed by atoms with E-state index in [9.17, 15) is 0 Å². The average molecular weight is 232 g/mol. The second-order valence-electron chi connectivity index (χ2n) is 3.91. The largest absolute Gasteiger partial charge is 0.496 e. The lowest BCUT2D eigenvalue weighted by molar-refractivity contribution is 0.409. The van der Waals surface area contributed by atoms with Crippen LogP contribution in [0.25, 0.3) is 0 Å². The van der Waals surface area contributed by atoms with E-state index >= 15 is 0 Å². The molecular formula is C14H20N2O. The third-order valence-electron chi connectivity index (χ3n) is 2.74. The average Bonchev–Trinajstić information content (AvgIpc) is 2.38. The van der Waals surface area contributed by atoms with Crippen LogP contribution in [0.2, 0.25) is 0 Å². The first-order valence-electron chi connectivity index (χ1n) is 6.05. The predicted octanol–water partition coefficient (Wildman–Crippen LogP) is 2.30. The van der Waals surface area contributed by atoms with Crippen molar-refractivity contribution in [3.63, 3.8) is 0 Å². The molecule has 3 nitrogen and oxygen atoms in total. The second-order valence-corrected chi connectivity index (χ2v) is 3.91. The van der Waals surface area contributed by atoms with Gasteiger partial charge in [0.15, 0.2) is 0 Å². The lowest BCUT2D eigenvalue weighted by Crippen LogP contribution is -2.18. The summed E-state index contributed by atoms with van der Waals surface area (Å²) in [6.07, 6.45) is 2.54. The molecule has 0 aliphatic rings. The number of nitrogens with zero attached hydrogens (tertiary/aromatic N) is 1.